The first kappa shape index (κ1) is 16.5. The number of rotatable bonds is 5. The molecule has 1 aromatic carbocycles. The van der Waals surface area contributed by atoms with Gasteiger partial charge < -0.3 is 10.2 Å². The molecule has 0 radical (unpaired) electrons. The molecule has 5 heteroatoms. The van der Waals surface area contributed by atoms with Crippen LogP contribution in [-0.2, 0) is 16.1 Å². The van der Waals surface area contributed by atoms with Crippen LogP contribution >= 0.6 is 0 Å². The first-order chi connectivity index (χ1) is 10.6. The van der Waals surface area contributed by atoms with Gasteiger partial charge in [-0.05, 0) is 5.56 Å². The van der Waals surface area contributed by atoms with Crippen molar-refractivity contribution in [3.8, 4) is 0 Å². The van der Waals surface area contributed by atoms with Crippen LogP contribution in [0.4, 0.5) is 0 Å². The predicted octanol–water partition coefficient (Wildman–Crippen LogP) is 1.10. The molecule has 0 aromatic heterocycles. The molecule has 2 rings (SSSR count). The quantitative estimate of drug-likeness (QED) is 0.886. The highest BCUT2D eigenvalue weighted by Gasteiger charge is 2.21. The minimum Gasteiger partial charge on any atom is -0.347 e. The molecule has 1 saturated heterocycles. The average Bonchev–Trinajstić information content (AvgIpc) is 2.54. The van der Waals surface area contributed by atoms with E-state index in [1.54, 1.807) is 0 Å². The predicted molar refractivity (Wildman–Crippen MR) is 86.1 cm³/mol. The number of piperazine rings is 1. The number of nitrogens with one attached hydrogen (secondary N) is 1. The Hall–Kier alpha value is -1.88. The van der Waals surface area contributed by atoms with Gasteiger partial charge in [0, 0.05) is 38.6 Å². The summed E-state index contributed by atoms with van der Waals surface area (Å²) in [6, 6.07) is 10.4. The number of benzene rings is 1. The molecule has 1 aromatic rings. The van der Waals surface area contributed by atoms with Crippen LogP contribution in [0.25, 0.3) is 0 Å². The molecule has 0 saturated carbocycles. The molecule has 1 aliphatic rings. The molecular weight excluding hydrogens is 278 g/mol. The maximum Gasteiger partial charge on any atom is 0.242 e. The van der Waals surface area contributed by atoms with Gasteiger partial charge in [-0.25, -0.2) is 0 Å². The second-order valence-corrected chi connectivity index (χ2v) is 6.02. The van der Waals surface area contributed by atoms with Crippen LogP contribution in [0.3, 0.4) is 0 Å². The van der Waals surface area contributed by atoms with Gasteiger partial charge >= 0.3 is 0 Å². The molecule has 1 heterocycles. The van der Waals surface area contributed by atoms with E-state index >= 15 is 0 Å². The smallest absolute Gasteiger partial charge is 0.242 e. The first-order valence-electron chi connectivity index (χ1n) is 7.88. The van der Waals surface area contributed by atoms with Gasteiger partial charge in [0.25, 0.3) is 0 Å². The van der Waals surface area contributed by atoms with Crippen molar-refractivity contribution < 1.29 is 9.59 Å². The molecule has 0 aliphatic carbocycles. The van der Waals surface area contributed by atoms with Crippen LogP contribution in [0.5, 0.6) is 0 Å². The maximum absolute atomic E-state index is 12.1. The zero-order valence-electron chi connectivity index (χ0n) is 13.4. The Bertz CT molecular complexity index is 494. The summed E-state index contributed by atoms with van der Waals surface area (Å²) in [5, 5.41) is 2.69. The standard InChI is InChI=1S/C17H25N3O2/c1-14(2)17(22)18-12-16(21)20-10-8-19(9-11-20)13-15-6-4-3-5-7-15/h3-7,14H,8-13H2,1-2H3,(H,18,22). The summed E-state index contributed by atoms with van der Waals surface area (Å²) < 4.78 is 0. The Kier molecular flexibility index (Phi) is 5.95. The third kappa shape index (κ3) is 4.84. The Morgan fingerprint density at radius 3 is 2.32 bits per heavy atom. The monoisotopic (exact) mass is 303 g/mol. The topological polar surface area (TPSA) is 52.7 Å². The van der Waals surface area contributed by atoms with E-state index in [1.165, 1.54) is 5.56 Å². The molecule has 1 fully saturated rings. The molecule has 0 spiro atoms. The second-order valence-electron chi connectivity index (χ2n) is 6.02. The summed E-state index contributed by atoms with van der Waals surface area (Å²) >= 11 is 0. The highest BCUT2D eigenvalue weighted by molar-refractivity contribution is 5.85. The molecule has 1 aliphatic heterocycles. The van der Waals surface area contributed by atoms with E-state index in [-0.39, 0.29) is 24.3 Å². The van der Waals surface area contributed by atoms with Crippen molar-refractivity contribution in [2.75, 3.05) is 32.7 Å². The lowest BCUT2D eigenvalue weighted by atomic mass is 10.2. The van der Waals surface area contributed by atoms with Crippen LogP contribution < -0.4 is 5.32 Å². The lowest BCUT2D eigenvalue weighted by Crippen LogP contribution is -2.51. The summed E-state index contributed by atoms with van der Waals surface area (Å²) in [6.07, 6.45) is 0. The zero-order valence-corrected chi connectivity index (χ0v) is 13.4. The van der Waals surface area contributed by atoms with Crippen molar-refractivity contribution in [3.63, 3.8) is 0 Å². The fourth-order valence-electron chi connectivity index (χ4n) is 2.48. The summed E-state index contributed by atoms with van der Waals surface area (Å²) in [5.41, 5.74) is 1.30. The fourth-order valence-corrected chi connectivity index (χ4v) is 2.48. The molecule has 1 N–H and O–H groups in total. The molecule has 0 atom stereocenters. The number of hydrogen-bond acceptors (Lipinski definition) is 3. The summed E-state index contributed by atoms with van der Waals surface area (Å²) in [7, 11) is 0. The van der Waals surface area contributed by atoms with Gasteiger partial charge in [0.1, 0.15) is 0 Å². The van der Waals surface area contributed by atoms with Crippen molar-refractivity contribution in [2.45, 2.75) is 20.4 Å². The zero-order chi connectivity index (χ0) is 15.9. The number of nitrogens with zero attached hydrogens (tertiary/aromatic N) is 2. The van der Waals surface area contributed by atoms with Gasteiger partial charge in [-0.1, -0.05) is 44.2 Å². The number of carbonyl (C=O) groups excluding carboxylic acids is 2. The number of carbonyl (C=O) groups is 2. The third-order valence-corrected chi connectivity index (χ3v) is 3.91. The van der Waals surface area contributed by atoms with Crippen LogP contribution in [0.1, 0.15) is 19.4 Å². The van der Waals surface area contributed by atoms with Crippen LogP contribution in [-0.4, -0.2) is 54.3 Å². The number of amides is 2. The van der Waals surface area contributed by atoms with E-state index in [0.29, 0.717) is 0 Å². The fraction of sp³-hybridized carbons (Fsp3) is 0.529. The summed E-state index contributed by atoms with van der Waals surface area (Å²) in [4.78, 5) is 27.8. The van der Waals surface area contributed by atoms with E-state index in [1.807, 2.05) is 36.9 Å². The third-order valence-electron chi connectivity index (χ3n) is 3.91. The second kappa shape index (κ2) is 7.94. The van der Waals surface area contributed by atoms with Crippen molar-refractivity contribution in [1.29, 1.82) is 0 Å². The molecule has 0 bridgehead atoms. The highest BCUT2D eigenvalue weighted by atomic mass is 16.2. The summed E-state index contributed by atoms with van der Waals surface area (Å²) in [5.74, 6) is -0.153. The Balaban J connectivity index is 1.72. The molecule has 120 valence electrons. The van der Waals surface area contributed by atoms with Gasteiger partial charge in [0.05, 0.1) is 6.54 Å². The lowest BCUT2D eigenvalue weighted by Gasteiger charge is -2.34. The van der Waals surface area contributed by atoms with Crippen molar-refractivity contribution in [2.24, 2.45) is 5.92 Å². The molecule has 2 amide bonds. The minimum absolute atomic E-state index is 0.00774. The molecule has 5 nitrogen and oxygen atoms in total. The Morgan fingerprint density at radius 2 is 1.73 bits per heavy atom. The molecule has 0 unspecified atom stereocenters. The van der Waals surface area contributed by atoms with Crippen molar-refractivity contribution >= 4 is 11.8 Å². The van der Waals surface area contributed by atoms with Gasteiger partial charge in [-0.3, -0.25) is 14.5 Å². The largest absolute Gasteiger partial charge is 0.347 e. The van der Waals surface area contributed by atoms with E-state index in [0.717, 1.165) is 32.7 Å². The first-order valence-corrected chi connectivity index (χ1v) is 7.88. The molecule has 22 heavy (non-hydrogen) atoms. The van der Waals surface area contributed by atoms with Crippen molar-refractivity contribution in [1.82, 2.24) is 15.1 Å². The van der Waals surface area contributed by atoms with Crippen LogP contribution in [0.15, 0.2) is 30.3 Å². The van der Waals surface area contributed by atoms with Crippen LogP contribution in [0, 0.1) is 5.92 Å². The number of hydrogen-bond donors (Lipinski definition) is 1. The van der Waals surface area contributed by atoms with Crippen LogP contribution in [0.2, 0.25) is 0 Å². The van der Waals surface area contributed by atoms with Gasteiger partial charge in [0.2, 0.25) is 11.8 Å². The van der Waals surface area contributed by atoms with E-state index in [9.17, 15) is 9.59 Å². The van der Waals surface area contributed by atoms with Gasteiger partial charge in [0.15, 0.2) is 0 Å². The molecular formula is C17H25N3O2. The van der Waals surface area contributed by atoms with E-state index in [4.69, 9.17) is 0 Å². The van der Waals surface area contributed by atoms with E-state index < -0.39 is 0 Å². The highest BCUT2D eigenvalue weighted by Crippen LogP contribution is 2.08. The van der Waals surface area contributed by atoms with E-state index in [2.05, 4.69) is 22.3 Å². The maximum atomic E-state index is 12.1. The lowest BCUT2D eigenvalue weighted by molar-refractivity contribution is -0.135. The SMILES string of the molecule is CC(C)C(=O)NCC(=O)N1CCN(Cc2ccccc2)CC1. The van der Waals surface area contributed by atoms with Crippen molar-refractivity contribution in [3.05, 3.63) is 35.9 Å². The minimum atomic E-state index is -0.0875. The van der Waals surface area contributed by atoms with Gasteiger partial charge in [-0.2, -0.15) is 0 Å². The normalized spacial score (nSPS) is 15.9. The Morgan fingerprint density at radius 1 is 1.09 bits per heavy atom. The summed E-state index contributed by atoms with van der Waals surface area (Å²) in [6.45, 7) is 7.87. The average molecular weight is 303 g/mol. The Labute approximate surface area is 132 Å². The van der Waals surface area contributed by atoms with Gasteiger partial charge in [-0.15, -0.1) is 0 Å².